The summed E-state index contributed by atoms with van der Waals surface area (Å²) in [5.74, 6) is -1.62. The van der Waals surface area contributed by atoms with Gasteiger partial charge in [-0.15, -0.1) is 0 Å². The maximum atomic E-state index is 13.3. The van der Waals surface area contributed by atoms with Crippen LogP contribution >= 0.6 is 0 Å². The Kier molecular flexibility index (Phi) is 16.5. The molecule has 2 fully saturated rings. The average molecular weight is 696 g/mol. The second-order valence-corrected chi connectivity index (χ2v) is 14.1. The molecule has 0 amide bonds. The molecular weight excluding hydrogens is 634 g/mol. The van der Waals surface area contributed by atoms with Crippen LogP contribution in [0.5, 0.6) is 0 Å². The number of esters is 1. The van der Waals surface area contributed by atoms with Crippen LogP contribution in [0, 0.1) is 23.7 Å². The number of hydrogen-bond donors (Lipinski definition) is 2. The van der Waals surface area contributed by atoms with Crippen LogP contribution in [-0.4, -0.2) is 129 Å². The molecule has 3 aliphatic rings. The number of hydrogen-bond acceptors (Lipinski definition) is 12. The lowest BCUT2D eigenvalue weighted by molar-refractivity contribution is -0.304. The Labute approximate surface area is 292 Å². The SMILES string of the molecule is CC[C@H]1OC(=O)/C=C/[C@H](C)[C@@H](O[C@@H]2O[C@H](C)C[C@H](N(C)C)[C@@H]2O)[C@@H](C)C[C@@H](C)C(=O)/C=C/C=C/[C@@H]1CO[C@@H]1O[C@@H](C)[C@@H](O)[C@H](OC)[C@@H]1OC. The fraction of sp³-hybridized carbons (Fsp3) is 0.784. The Morgan fingerprint density at radius 1 is 0.857 bits per heavy atom. The quantitative estimate of drug-likeness (QED) is 0.342. The highest BCUT2D eigenvalue weighted by Crippen LogP contribution is 2.32. The molecule has 0 aromatic carbocycles. The topological polar surface area (TPSA) is 142 Å². The summed E-state index contributed by atoms with van der Waals surface area (Å²) < 4.78 is 41.8. The Balaban J connectivity index is 1.85. The van der Waals surface area contributed by atoms with E-state index < -0.39 is 67.2 Å². The first-order valence-electron chi connectivity index (χ1n) is 17.7. The highest BCUT2D eigenvalue weighted by Gasteiger charge is 2.45. The van der Waals surface area contributed by atoms with Crippen molar-refractivity contribution in [2.24, 2.45) is 23.7 Å². The van der Waals surface area contributed by atoms with E-state index in [0.29, 0.717) is 19.3 Å². The van der Waals surface area contributed by atoms with Gasteiger partial charge in [0.25, 0.3) is 0 Å². The Morgan fingerprint density at radius 2 is 1.55 bits per heavy atom. The largest absolute Gasteiger partial charge is 0.459 e. The van der Waals surface area contributed by atoms with E-state index in [2.05, 4.69) is 0 Å². The molecule has 15 atom stereocenters. The van der Waals surface area contributed by atoms with E-state index in [0.717, 1.165) is 0 Å². The lowest BCUT2D eigenvalue weighted by Crippen LogP contribution is -2.59. The Bertz CT molecular complexity index is 1130. The molecule has 280 valence electrons. The van der Waals surface area contributed by atoms with E-state index in [1.165, 1.54) is 20.3 Å². The van der Waals surface area contributed by atoms with Gasteiger partial charge in [-0.3, -0.25) is 4.79 Å². The first-order valence-corrected chi connectivity index (χ1v) is 17.7. The smallest absolute Gasteiger partial charge is 0.330 e. The summed E-state index contributed by atoms with van der Waals surface area (Å²) in [6, 6.07) is -0.140. The van der Waals surface area contributed by atoms with E-state index in [1.807, 2.05) is 59.7 Å². The van der Waals surface area contributed by atoms with Gasteiger partial charge in [0.2, 0.25) is 0 Å². The van der Waals surface area contributed by atoms with Crippen LogP contribution < -0.4 is 0 Å². The molecule has 0 unspecified atom stereocenters. The number of ketones is 1. The molecule has 0 saturated carbocycles. The van der Waals surface area contributed by atoms with Crippen LogP contribution in [0.25, 0.3) is 0 Å². The van der Waals surface area contributed by atoms with E-state index in [1.54, 1.807) is 31.2 Å². The fourth-order valence-corrected chi connectivity index (χ4v) is 7.05. The van der Waals surface area contributed by atoms with Gasteiger partial charge >= 0.3 is 5.97 Å². The van der Waals surface area contributed by atoms with Crippen LogP contribution in [0.4, 0.5) is 0 Å². The maximum Gasteiger partial charge on any atom is 0.330 e. The molecule has 2 N–H and O–H groups in total. The predicted octanol–water partition coefficient (Wildman–Crippen LogP) is 3.44. The summed E-state index contributed by atoms with van der Waals surface area (Å²) in [4.78, 5) is 28.4. The zero-order valence-electron chi connectivity index (χ0n) is 31.0. The van der Waals surface area contributed by atoms with Gasteiger partial charge in [0, 0.05) is 44.1 Å². The van der Waals surface area contributed by atoms with Crippen molar-refractivity contribution in [1.82, 2.24) is 4.90 Å². The minimum absolute atomic E-state index is 0.0243. The van der Waals surface area contributed by atoms with Crippen LogP contribution in [-0.2, 0) is 42.7 Å². The maximum absolute atomic E-state index is 13.3. The molecule has 0 bridgehead atoms. The highest BCUT2D eigenvalue weighted by molar-refractivity contribution is 5.91. The van der Waals surface area contributed by atoms with Crippen LogP contribution in [0.15, 0.2) is 36.5 Å². The van der Waals surface area contributed by atoms with Gasteiger partial charge in [-0.05, 0) is 59.2 Å². The van der Waals surface area contributed by atoms with E-state index in [4.69, 9.17) is 33.2 Å². The van der Waals surface area contributed by atoms with Gasteiger partial charge in [0.05, 0.1) is 24.9 Å². The van der Waals surface area contributed by atoms with Gasteiger partial charge in [-0.25, -0.2) is 4.79 Å². The first-order chi connectivity index (χ1) is 23.2. The van der Waals surface area contributed by atoms with Gasteiger partial charge in [0.1, 0.15) is 30.5 Å². The summed E-state index contributed by atoms with van der Waals surface area (Å²) in [5.41, 5.74) is 0. The summed E-state index contributed by atoms with van der Waals surface area (Å²) in [5, 5.41) is 21.7. The second-order valence-electron chi connectivity index (χ2n) is 14.1. The number of allylic oxidation sites excluding steroid dienone is 3. The number of carbonyl (C=O) groups excluding carboxylic acids is 2. The predicted molar refractivity (Wildman–Crippen MR) is 183 cm³/mol. The molecule has 2 saturated heterocycles. The normalized spacial score (nSPS) is 43.6. The molecule has 3 rings (SSSR count). The van der Waals surface area contributed by atoms with Gasteiger partial charge in [0.15, 0.2) is 18.4 Å². The van der Waals surface area contributed by atoms with E-state index in [-0.39, 0.29) is 42.3 Å². The number of carbonyl (C=O) groups is 2. The molecule has 49 heavy (non-hydrogen) atoms. The Hall–Kier alpha value is -2.00. The van der Waals surface area contributed by atoms with Gasteiger partial charge in [-0.2, -0.15) is 0 Å². The molecule has 0 radical (unpaired) electrons. The summed E-state index contributed by atoms with van der Waals surface area (Å²) in [6.07, 6.45) is 5.21. The molecule has 3 aliphatic heterocycles. The van der Waals surface area contributed by atoms with Gasteiger partial charge in [-0.1, -0.05) is 52.0 Å². The van der Waals surface area contributed by atoms with E-state index >= 15 is 0 Å². The van der Waals surface area contributed by atoms with Crippen LogP contribution in [0.2, 0.25) is 0 Å². The standard InChI is InChI=1S/C37H61NO11/c1-11-29-26(20-45-37-35(44-10)34(43-9)31(41)25(6)47-37)14-12-13-15-28(39)22(3)18-23(4)33(21(2)16-17-30(40)48-29)49-36-32(42)27(38(7)8)19-24(5)46-36/h12-17,21-27,29,31-37,41-42H,11,18-20H2,1-10H3/b14-12+,15-13+,17-16+/t21-,22+,23-,24+,25-,26+,27-,29+,31+,32-,33+,34-,35-,36-,37+/m0/s1. The molecule has 12 heteroatoms. The minimum Gasteiger partial charge on any atom is -0.459 e. The molecule has 12 nitrogen and oxygen atoms in total. The third-order valence-corrected chi connectivity index (χ3v) is 10.0. The van der Waals surface area contributed by atoms with Crippen molar-refractivity contribution in [2.75, 3.05) is 34.9 Å². The molecular formula is C37H61NO11. The van der Waals surface area contributed by atoms with Crippen molar-refractivity contribution in [2.45, 2.75) is 128 Å². The third-order valence-electron chi connectivity index (χ3n) is 10.0. The van der Waals surface area contributed by atoms with Crippen molar-refractivity contribution in [1.29, 1.82) is 0 Å². The Morgan fingerprint density at radius 3 is 2.18 bits per heavy atom. The van der Waals surface area contributed by atoms with Crippen LogP contribution in [0.3, 0.4) is 0 Å². The number of rotatable bonds is 9. The number of cyclic esters (lactones) is 1. The lowest BCUT2D eigenvalue weighted by atomic mass is 9.84. The number of nitrogens with zero attached hydrogens (tertiary/aromatic N) is 1. The number of methoxy groups -OCH3 is 2. The molecule has 3 heterocycles. The average Bonchev–Trinajstić information content (AvgIpc) is 3.06. The third kappa shape index (κ3) is 11.2. The monoisotopic (exact) mass is 695 g/mol. The molecule has 0 spiro atoms. The zero-order valence-corrected chi connectivity index (χ0v) is 31.0. The number of aliphatic hydroxyl groups is 2. The molecule has 0 aromatic heterocycles. The van der Waals surface area contributed by atoms with Crippen molar-refractivity contribution in [3.63, 3.8) is 0 Å². The lowest BCUT2D eigenvalue weighted by Gasteiger charge is -2.43. The minimum atomic E-state index is -0.896. The van der Waals surface area contributed by atoms with Crippen molar-refractivity contribution < 1.29 is 53.0 Å². The summed E-state index contributed by atoms with van der Waals surface area (Å²) in [6.45, 7) is 11.6. The van der Waals surface area contributed by atoms with Crippen molar-refractivity contribution in [3.8, 4) is 0 Å². The van der Waals surface area contributed by atoms with Crippen molar-refractivity contribution >= 4 is 11.8 Å². The summed E-state index contributed by atoms with van der Waals surface area (Å²) >= 11 is 0. The summed E-state index contributed by atoms with van der Waals surface area (Å²) in [7, 11) is 6.85. The fourth-order valence-electron chi connectivity index (χ4n) is 7.05. The van der Waals surface area contributed by atoms with Crippen molar-refractivity contribution in [3.05, 3.63) is 36.5 Å². The molecule has 0 aromatic rings. The van der Waals surface area contributed by atoms with Crippen LogP contribution in [0.1, 0.15) is 60.8 Å². The first kappa shape index (κ1) is 41.4. The number of aliphatic hydroxyl groups excluding tert-OH is 2. The highest BCUT2D eigenvalue weighted by atomic mass is 16.7. The zero-order chi connectivity index (χ0) is 36.4. The second kappa shape index (κ2) is 19.6. The van der Waals surface area contributed by atoms with E-state index in [9.17, 15) is 19.8 Å². The number of ether oxygens (including phenoxy) is 7. The van der Waals surface area contributed by atoms with Gasteiger partial charge < -0.3 is 48.3 Å². The number of likely N-dealkylation sites (N-methyl/N-ethyl adjacent to an activating group) is 1. The molecule has 0 aliphatic carbocycles.